The largest absolute Gasteiger partial charge is 0.372 e. The highest BCUT2D eigenvalue weighted by atomic mass is 79.9. The van der Waals surface area contributed by atoms with Crippen LogP contribution in [0.25, 0.3) is 0 Å². The quantitative estimate of drug-likeness (QED) is 0.729. The molecule has 6 nitrogen and oxygen atoms in total. The summed E-state index contributed by atoms with van der Waals surface area (Å²) in [7, 11) is -3.61. The van der Waals surface area contributed by atoms with E-state index in [0.717, 1.165) is 29.3 Å². The molecule has 0 aromatic heterocycles. The summed E-state index contributed by atoms with van der Waals surface area (Å²) in [6, 6.07) is 14.5. The van der Waals surface area contributed by atoms with Crippen LogP contribution in [0.5, 0.6) is 0 Å². The van der Waals surface area contributed by atoms with Gasteiger partial charge in [0.25, 0.3) is 0 Å². The lowest BCUT2D eigenvalue weighted by Gasteiger charge is -2.23. The zero-order chi connectivity index (χ0) is 19.4. The number of para-hydroxylation sites is 1. The van der Waals surface area contributed by atoms with Gasteiger partial charge in [-0.25, -0.2) is 8.42 Å². The fourth-order valence-corrected chi connectivity index (χ4v) is 4.58. The summed E-state index contributed by atoms with van der Waals surface area (Å²) >= 11 is 3.34. The molecule has 0 atom stereocenters. The van der Waals surface area contributed by atoms with Crippen molar-refractivity contribution in [3.63, 3.8) is 0 Å². The smallest absolute Gasteiger partial charge is 0.245 e. The highest BCUT2D eigenvalue weighted by Crippen LogP contribution is 2.27. The molecular weight excluding hydrogens is 430 g/mol. The number of rotatable bonds is 6. The van der Waals surface area contributed by atoms with Crippen LogP contribution in [0.2, 0.25) is 0 Å². The van der Waals surface area contributed by atoms with Crippen molar-refractivity contribution < 1.29 is 13.2 Å². The molecule has 0 bridgehead atoms. The normalized spacial score (nSPS) is 14.2. The summed E-state index contributed by atoms with van der Waals surface area (Å²) in [5, 5.41) is 2.77. The second-order valence-corrected chi connectivity index (χ2v) is 9.27. The van der Waals surface area contributed by atoms with Crippen molar-refractivity contribution in [2.24, 2.45) is 0 Å². The molecule has 2 aromatic carbocycles. The molecule has 1 heterocycles. The molecular formula is C19H22BrN3O3S. The molecule has 0 aliphatic carbocycles. The minimum atomic E-state index is -3.61. The lowest BCUT2D eigenvalue weighted by atomic mass is 10.2. The molecule has 144 valence electrons. The van der Waals surface area contributed by atoms with Crippen molar-refractivity contribution in [3.8, 4) is 0 Å². The minimum absolute atomic E-state index is 0.296. The highest BCUT2D eigenvalue weighted by molar-refractivity contribution is 9.10. The lowest BCUT2D eigenvalue weighted by molar-refractivity contribution is -0.114. The van der Waals surface area contributed by atoms with Gasteiger partial charge in [-0.05, 0) is 65.2 Å². The monoisotopic (exact) mass is 451 g/mol. The number of carbonyl (C=O) groups excluding carboxylic acids is 1. The molecule has 0 radical (unpaired) electrons. The van der Waals surface area contributed by atoms with Crippen LogP contribution in [0, 0.1) is 0 Å². The SMILES string of the molecule is CS(=O)(=O)N(CC(=O)Nc1ccc(N2CCCC2)cc1)c1ccccc1Br. The second kappa shape index (κ2) is 8.31. The zero-order valence-corrected chi connectivity index (χ0v) is 17.5. The Balaban J connectivity index is 1.70. The molecule has 0 spiro atoms. The van der Waals surface area contributed by atoms with Gasteiger partial charge in [0.2, 0.25) is 15.9 Å². The van der Waals surface area contributed by atoms with E-state index in [9.17, 15) is 13.2 Å². The van der Waals surface area contributed by atoms with Gasteiger partial charge < -0.3 is 10.2 Å². The molecule has 0 unspecified atom stereocenters. The summed E-state index contributed by atoms with van der Waals surface area (Å²) in [5.41, 5.74) is 2.21. The van der Waals surface area contributed by atoms with Gasteiger partial charge in [-0.1, -0.05) is 12.1 Å². The Kier molecular flexibility index (Phi) is 6.06. The predicted octanol–water partition coefficient (Wildman–Crippen LogP) is 3.45. The third kappa shape index (κ3) is 5.01. The van der Waals surface area contributed by atoms with Crippen molar-refractivity contribution in [2.75, 3.05) is 40.4 Å². The van der Waals surface area contributed by atoms with Crippen LogP contribution >= 0.6 is 15.9 Å². The fourth-order valence-electron chi connectivity index (χ4n) is 3.10. The van der Waals surface area contributed by atoms with E-state index < -0.39 is 15.9 Å². The number of nitrogens with one attached hydrogen (secondary N) is 1. The maximum Gasteiger partial charge on any atom is 0.245 e. The Morgan fingerprint density at radius 1 is 1.11 bits per heavy atom. The number of halogens is 1. The molecule has 3 rings (SSSR count). The van der Waals surface area contributed by atoms with E-state index in [1.807, 2.05) is 24.3 Å². The van der Waals surface area contributed by atoms with Crippen molar-refractivity contribution >= 4 is 48.9 Å². The first-order valence-electron chi connectivity index (χ1n) is 8.72. The Labute approximate surface area is 168 Å². The first-order valence-corrected chi connectivity index (χ1v) is 11.4. The van der Waals surface area contributed by atoms with Crippen LogP contribution in [0.3, 0.4) is 0 Å². The molecule has 0 saturated carbocycles. The Hall–Kier alpha value is -2.06. The number of sulfonamides is 1. The lowest BCUT2D eigenvalue weighted by Crippen LogP contribution is -2.37. The number of hydrogen-bond donors (Lipinski definition) is 1. The summed E-state index contributed by atoms with van der Waals surface area (Å²) in [6.07, 6.45) is 3.49. The molecule has 1 aliphatic heterocycles. The maximum atomic E-state index is 12.5. The average molecular weight is 452 g/mol. The van der Waals surface area contributed by atoms with E-state index in [1.54, 1.807) is 24.3 Å². The highest BCUT2D eigenvalue weighted by Gasteiger charge is 2.22. The van der Waals surface area contributed by atoms with Crippen LogP contribution in [0.1, 0.15) is 12.8 Å². The van der Waals surface area contributed by atoms with Gasteiger partial charge in [0.15, 0.2) is 0 Å². The van der Waals surface area contributed by atoms with Gasteiger partial charge in [0, 0.05) is 28.9 Å². The Bertz CT molecular complexity index is 910. The number of nitrogens with zero attached hydrogens (tertiary/aromatic N) is 2. The molecule has 27 heavy (non-hydrogen) atoms. The number of hydrogen-bond acceptors (Lipinski definition) is 4. The predicted molar refractivity (Wildman–Crippen MR) is 113 cm³/mol. The molecule has 1 aliphatic rings. The van der Waals surface area contributed by atoms with E-state index in [4.69, 9.17) is 0 Å². The van der Waals surface area contributed by atoms with Crippen LogP contribution in [0.4, 0.5) is 17.1 Å². The van der Waals surface area contributed by atoms with Crippen molar-refractivity contribution in [1.82, 2.24) is 0 Å². The molecule has 1 fully saturated rings. The molecule has 2 aromatic rings. The van der Waals surface area contributed by atoms with Gasteiger partial charge in [-0.3, -0.25) is 9.10 Å². The molecule has 1 saturated heterocycles. The molecule has 1 N–H and O–H groups in total. The summed E-state index contributed by atoms with van der Waals surface area (Å²) in [5.74, 6) is -0.398. The standard InChI is InChI=1S/C19H22BrN3O3S/c1-27(25,26)23(18-7-3-2-6-17(18)20)14-19(24)21-15-8-10-16(11-9-15)22-12-4-5-13-22/h2-3,6-11H,4-5,12-14H2,1H3,(H,21,24). The summed E-state index contributed by atoms with van der Waals surface area (Å²) < 4.78 is 26.1. The van der Waals surface area contributed by atoms with Gasteiger partial charge in [0.05, 0.1) is 11.9 Å². The van der Waals surface area contributed by atoms with Crippen molar-refractivity contribution in [3.05, 3.63) is 53.0 Å². The summed E-state index contributed by atoms with van der Waals surface area (Å²) in [4.78, 5) is 14.8. The van der Waals surface area contributed by atoms with E-state index >= 15 is 0 Å². The topological polar surface area (TPSA) is 69.7 Å². The van der Waals surface area contributed by atoms with E-state index in [0.29, 0.717) is 15.8 Å². The Morgan fingerprint density at radius 3 is 2.33 bits per heavy atom. The number of carbonyl (C=O) groups is 1. The van der Waals surface area contributed by atoms with Crippen LogP contribution in [-0.2, 0) is 14.8 Å². The molecule has 8 heteroatoms. The third-order valence-corrected chi connectivity index (χ3v) is 6.23. The van der Waals surface area contributed by atoms with Gasteiger partial charge in [-0.15, -0.1) is 0 Å². The number of anilines is 3. The first-order chi connectivity index (χ1) is 12.8. The third-order valence-electron chi connectivity index (χ3n) is 4.43. The van der Waals surface area contributed by atoms with Crippen molar-refractivity contribution in [2.45, 2.75) is 12.8 Å². The van der Waals surface area contributed by atoms with Gasteiger partial charge in [0.1, 0.15) is 6.54 Å². The molecule has 1 amide bonds. The Morgan fingerprint density at radius 2 is 1.74 bits per heavy atom. The number of amides is 1. The first kappa shape index (κ1) is 19.7. The fraction of sp³-hybridized carbons (Fsp3) is 0.316. The van der Waals surface area contributed by atoms with E-state index in [-0.39, 0.29) is 6.54 Å². The number of benzene rings is 2. The van der Waals surface area contributed by atoms with Gasteiger partial charge in [-0.2, -0.15) is 0 Å². The van der Waals surface area contributed by atoms with Crippen LogP contribution in [-0.4, -0.2) is 40.2 Å². The zero-order valence-electron chi connectivity index (χ0n) is 15.1. The summed E-state index contributed by atoms with van der Waals surface area (Å²) in [6.45, 7) is 1.82. The average Bonchev–Trinajstić information content (AvgIpc) is 3.15. The minimum Gasteiger partial charge on any atom is -0.372 e. The second-order valence-electron chi connectivity index (χ2n) is 6.51. The van der Waals surface area contributed by atoms with Crippen molar-refractivity contribution in [1.29, 1.82) is 0 Å². The van der Waals surface area contributed by atoms with Gasteiger partial charge >= 0.3 is 0 Å². The van der Waals surface area contributed by atoms with E-state index in [2.05, 4.69) is 26.1 Å². The van der Waals surface area contributed by atoms with Crippen LogP contribution in [0.15, 0.2) is 53.0 Å². The van der Waals surface area contributed by atoms with Crippen LogP contribution < -0.4 is 14.5 Å². The van der Waals surface area contributed by atoms with E-state index in [1.165, 1.54) is 12.8 Å². The maximum absolute atomic E-state index is 12.5.